The highest BCUT2D eigenvalue weighted by Crippen LogP contribution is 2.25. The number of nitrogens with zero attached hydrogens (tertiary/aromatic N) is 1. The summed E-state index contributed by atoms with van der Waals surface area (Å²) in [5.41, 5.74) is 10.7. The fraction of sp³-hybridized carbons (Fsp3) is 0.167. The lowest BCUT2D eigenvalue weighted by atomic mass is 10.00. The molecule has 3 rings (SSSR count). The summed E-state index contributed by atoms with van der Waals surface area (Å²) in [5, 5.41) is 3.25. The van der Waals surface area contributed by atoms with Crippen LogP contribution >= 0.6 is 11.3 Å². The monoisotopic (exact) mass is 294 g/mol. The average molecular weight is 294 g/mol. The standard InChI is InChI=1S/C18H18N2S/c1-13(19)16-10-6-5-9-15(16)11-18-20-17(12-21-18)14-7-3-2-4-8-14/h2-10,12-13H,11,19H2,1H3. The molecule has 0 aliphatic carbocycles. The number of nitrogens with two attached hydrogens (primary N) is 1. The first-order chi connectivity index (χ1) is 10.2. The second kappa shape index (κ2) is 6.20. The number of thiazole rings is 1. The molecular weight excluding hydrogens is 276 g/mol. The molecule has 1 aromatic heterocycles. The zero-order chi connectivity index (χ0) is 14.7. The van der Waals surface area contributed by atoms with Crippen LogP contribution < -0.4 is 5.73 Å². The van der Waals surface area contributed by atoms with Crippen LogP contribution in [0.15, 0.2) is 60.0 Å². The molecule has 2 aromatic carbocycles. The minimum absolute atomic E-state index is 0.0507. The molecule has 0 saturated heterocycles. The van der Waals surface area contributed by atoms with Crippen molar-refractivity contribution in [3.05, 3.63) is 76.1 Å². The predicted octanol–water partition coefficient (Wildman–Crippen LogP) is 4.42. The molecule has 1 atom stereocenters. The first kappa shape index (κ1) is 14.0. The highest BCUT2D eigenvalue weighted by atomic mass is 32.1. The molecule has 1 heterocycles. The van der Waals surface area contributed by atoms with Gasteiger partial charge in [0, 0.05) is 23.4 Å². The van der Waals surface area contributed by atoms with Gasteiger partial charge in [0.2, 0.25) is 0 Å². The van der Waals surface area contributed by atoms with Crippen LogP contribution in [0.2, 0.25) is 0 Å². The molecule has 106 valence electrons. The molecule has 0 aliphatic heterocycles. The van der Waals surface area contributed by atoms with E-state index in [1.807, 2.05) is 31.2 Å². The van der Waals surface area contributed by atoms with Crippen molar-refractivity contribution >= 4 is 11.3 Å². The highest BCUT2D eigenvalue weighted by molar-refractivity contribution is 7.10. The quantitative estimate of drug-likeness (QED) is 0.773. The van der Waals surface area contributed by atoms with Crippen LogP contribution in [0.4, 0.5) is 0 Å². The van der Waals surface area contributed by atoms with Crippen LogP contribution in [0.3, 0.4) is 0 Å². The summed E-state index contributed by atoms with van der Waals surface area (Å²) in [6.45, 7) is 2.02. The summed E-state index contributed by atoms with van der Waals surface area (Å²) >= 11 is 1.71. The first-order valence-electron chi connectivity index (χ1n) is 7.07. The van der Waals surface area contributed by atoms with Crippen LogP contribution in [0.1, 0.15) is 29.1 Å². The van der Waals surface area contributed by atoms with Crippen LogP contribution in [0.5, 0.6) is 0 Å². The number of hydrogen-bond donors (Lipinski definition) is 1. The molecule has 0 saturated carbocycles. The Kier molecular flexibility index (Phi) is 4.13. The molecule has 0 aliphatic rings. The molecule has 0 amide bonds. The van der Waals surface area contributed by atoms with Crippen molar-refractivity contribution in [2.45, 2.75) is 19.4 Å². The van der Waals surface area contributed by atoms with Gasteiger partial charge in [-0.3, -0.25) is 0 Å². The van der Waals surface area contributed by atoms with Gasteiger partial charge in [-0.05, 0) is 18.1 Å². The molecular formula is C18H18N2S. The molecule has 2 nitrogen and oxygen atoms in total. The minimum Gasteiger partial charge on any atom is -0.324 e. The zero-order valence-corrected chi connectivity index (χ0v) is 12.8. The third kappa shape index (κ3) is 3.20. The topological polar surface area (TPSA) is 38.9 Å². The third-order valence-electron chi connectivity index (χ3n) is 3.51. The number of rotatable bonds is 4. The Bertz CT molecular complexity index is 717. The third-order valence-corrected chi connectivity index (χ3v) is 4.36. The van der Waals surface area contributed by atoms with Gasteiger partial charge in [-0.15, -0.1) is 11.3 Å². The molecule has 3 heteroatoms. The van der Waals surface area contributed by atoms with Gasteiger partial charge < -0.3 is 5.73 Å². The average Bonchev–Trinajstić information content (AvgIpc) is 2.97. The number of hydrogen-bond acceptors (Lipinski definition) is 3. The second-order valence-corrected chi connectivity index (χ2v) is 6.10. The maximum atomic E-state index is 6.05. The Morgan fingerprint density at radius 3 is 2.52 bits per heavy atom. The van der Waals surface area contributed by atoms with E-state index < -0.39 is 0 Å². The van der Waals surface area contributed by atoms with E-state index in [9.17, 15) is 0 Å². The molecule has 3 aromatic rings. The molecule has 0 radical (unpaired) electrons. The fourth-order valence-electron chi connectivity index (χ4n) is 2.44. The maximum Gasteiger partial charge on any atom is 0.0976 e. The molecule has 21 heavy (non-hydrogen) atoms. The molecule has 2 N–H and O–H groups in total. The van der Waals surface area contributed by atoms with Crippen molar-refractivity contribution in [2.24, 2.45) is 5.73 Å². The first-order valence-corrected chi connectivity index (χ1v) is 7.95. The van der Waals surface area contributed by atoms with Crippen LogP contribution in [-0.2, 0) is 6.42 Å². The van der Waals surface area contributed by atoms with Crippen molar-refractivity contribution in [3.8, 4) is 11.3 Å². The molecule has 0 spiro atoms. The summed E-state index contributed by atoms with van der Waals surface area (Å²) in [7, 11) is 0. The van der Waals surface area contributed by atoms with Crippen molar-refractivity contribution in [2.75, 3.05) is 0 Å². The largest absolute Gasteiger partial charge is 0.324 e. The van der Waals surface area contributed by atoms with Crippen molar-refractivity contribution in [3.63, 3.8) is 0 Å². The van der Waals surface area contributed by atoms with Crippen molar-refractivity contribution in [1.29, 1.82) is 0 Å². The van der Waals surface area contributed by atoms with Crippen LogP contribution in [0.25, 0.3) is 11.3 Å². The van der Waals surface area contributed by atoms with Crippen molar-refractivity contribution < 1.29 is 0 Å². The van der Waals surface area contributed by atoms with Gasteiger partial charge in [-0.2, -0.15) is 0 Å². The Labute approximate surface area is 129 Å². The van der Waals surface area contributed by atoms with Gasteiger partial charge in [0.05, 0.1) is 10.7 Å². The molecule has 1 unspecified atom stereocenters. The summed E-state index contributed by atoms with van der Waals surface area (Å²) in [6, 6.07) is 18.7. The SMILES string of the molecule is CC(N)c1ccccc1Cc1nc(-c2ccccc2)cs1. The lowest BCUT2D eigenvalue weighted by Gasteiger charge is -2.11. The van der Waals surface area contributed by atoms with Gasteiger partial charge >= 0.3 is 0 Å². The summed E-state index contributed by atoms with van der Waals surface area (Å²) in [5.74, 6) is 0. The van der Waals surface area contributed by atoms with E-state index in [0.717, 1.165) is 17.1 Å². The van der Waals surface area contributed by atoms with Gasteiger partial charge in [0.25, 0.3) is 0 Å². The Balaban J connectivity index is 1.86. The minimum atomic E-state index is 0.0507. The van der Waals surface area contributed by atoms with Gasteiger partial charge in [0.1, 0.15) is 0 Å². The van der Waals surface area contributed by atoms with Gasteiger partial charge in [-0.1, -0.05) is 54.6 Å². The Morgan fingerprint density at radius 1 is 1.05 bits per heavy atom. The van der Waals surface area contributed by atoms with Crippen LogP contribution in [-0.4, -0.2) is 4.98 Å². The van der Waals surface area contributed by atoms with E-state index >= 15 is 0 Å². The summed E-state index contributed by atoms with van der Waals surface area (Å²) < 4.78 is 0. The van der Waals surface area contributed by atoms with E-state index in [-0.39, 0.29) is 6.04 Å². The Morgan fingerprint density at radius 2 is 1.76 bits per heavy atom. The van der Waals surface area contributed by atoms with E-state index in [2.05, 4.69) is 35.7 Å². The number of aromatic nitrogens is 1. The van der Waals surface area contributed by atoms with E-state index in [1.54, 1.807) is 11.3 Å². The van der Waals surface area contributed by atoms with Gasteiger partial charge in [-0.25, -0.2) is 4.98 Å². The summed E-state index contributed by atoms with van der Waals surface area (Å²) in [6.07, 6.45) is 0.842. The van der Waals surface area contributed by atoms with E-state index in [1.165, 1.54) is 16.7 Å². The maximum absolute atomic E-state index is 6.05. The second-order valence-electron chi connectivity index (χ2n) is 5.16. The van der Waals surface area contributed by atoms with E-state index in [0.29, 0.717) is 0 Å². The van der Waals surface area contributed by atoms with Gasteiger partial charge in [0.15, 0.2) is 0 Å². The van der Waals surface area contributed by atoms with Crippen LogP contribution in [0, 0.1) is 0 Å². The fourth-order valence-corrected chi connectivity index (χ4v) is 3.26. The molecule has 0 fully saturated rings. The smallest absolute Gasteiger partial charge is 0.0976 e. The predicted molar refractivity (Wildman–Crippen MR) is 89.4 cm³/mol. The highest BCUT2D eigenvalue weighted by Gasteiger charge is 2.10. The zero-order valence-electron chi connectivity index (χ0n) is 12.0. The summed E-state index contributed by atoms with van der Waals surface area (Å²) in [4.78, 5) is 4.75. The van der Waals surface area contributed by atoms with E-state index in [4.69, 9.17) is 10.7 Å². The lowest BCUT2D eigenvalue weighted by Crippen LogP contribution is -2.08. The van der Waals surface area contributed by atoms with Crippen molar-refractivity contribution in [1.82, 2.24) is 4.98 Å². The lowest BCUT2D eigenvalue weighted by molar-refractivity contribution is 0.803. The number of benzene rings is 2. The molecule has 0 bridgehead atoms. The normalized spacial score (nSPS) is 12.3. The Hall–Kier alpha value is -1.97.